The Morgan fingerprint density at radius 3 is 2.52 bits per heavy atom. The van der Waals surface area contributed by atoms with Crippen LogP contribution in [0.4, 0.5) is 0 Å². The molecule has 0 aromatic heterocycles. The van der Waals surface area contributed by atoms with Crippen LogP contribution in [0.1, 0.15) is 71.1 Å². The molecule has 0 radical (unpaired) electrons. The van der Waals surface area contributed by atoms with Crippen LogP contribution in [0.25, 0.3) is 0 Å². The monoisotopic (exact) mass is 352 g/mol. The molecule has 0 unspecified atom stereocenters. The molecular formula is C21H36O4. The maximum absolute atomic E-state index is 11.0. The molecule has 0 fully saturated rings. The van der Waals surface area contributed by atoms with E-state index < -0.39 is 6.10 Å². The number of esters is 1. The summed E-state index contributed by atoms with van der Waals surface area (Å²) in [5.41, 5.74) is 0. The lowest BCUT2D eigenvalue weighted by atomic mass is 10.1. The van der Waals surface area contributed by atoms with Gasteiger partial charge in [0, 0.05) is 6.42 Å². The topological polar surface area (TPSA) is 66.8 Å². The van der Waals surface area contributed by atoms with Crippen molar-refractivity contribution in [2.75, 3.05) is 7.11 Å². The van der Waals surface area contributed by atoms with Gasteiger partial charge in [0.1, 0.15) is 0 Å². The number of aliphatic hydroxyl groups excluding tert-OH is 2. The van der Waals surface area contributed by atoms with Crippen molar-refractivity contribution < 1.29 is 19.7 Å². The molecule has 0 aromatic rings. The van der Waals surface area contributed by atoms with Crippen LogP contribution in [0.5, 0.6) is 0 Å². The van der Waals surface area contributed by atoms with Crippen LogP contribution in [0.15, 0.2) is 36.5 Å². The quantitative estimate of drug-likeness (QED) is 0.197. The first-order valence-corrected chi connectivity index (χ1v) is 9.51. The van der Waals surface area contributed by atoms with Crippen molar-refractivity contribution in [2.45, 2.75) is 83.3 Å². The van der Waals surface area contributed by atoms with Gasteiger partial charge in [0.2, 0.25) is 0 Å². The normalized spacial score (nSPS) is 14.6. The molecule has 0 aliphatic carbocycles. The molecule has 144 valence electrons. The Hall–Kier alpha value is -1.39. The van der Waals surface area contributed by atoms with Crippen molar-refractivity contribution in [1.29, 1.82) is 0 Å². The van der Waals surface area contributed by atoms with E-state index in [-0.39, 0.29) is 12.1 Å². The van der Waals surface area contributed by atoms with Gasteiger partial charge < -0.3 is 14.9 Å². The molecule has 0 bridgehead atoms. The van der Waals surface area contributed by atoms with E-state index in [9.17, 15) is 15.0 Å². The summed E-state index contributed by atoms with van der Waals surface area (Å²) in [6, 6.07) is 0. The molecule has 25 heavy (non-hydrogen) atoms. The molecule has 0 aromatic carbocycles. The van der Waals surface area contributed by atoms with Crippen molar-refractivity contribution in [1.82, 2.24) is 0 Å². The molecule has 0 spiro atoms. The van der Waals surface area contributed by atoms with Gasteiger partial charge in [-0.15, -0.1) is 0 Å². The van der Waals surface area contributed by atoms with E-state index in [4.69, 9.17) is 0 Å². The third-order valence-electron chi connectivity index (χ3n) is 3.91. The minimum atomic E-state index is -0.448. The molecule has 0 saturated carbocycles. The van der Waals surface area contributed by atoms with Crippen molar-refractivity contribution >= 4 is 5.97 Å². The maximum Gasteiger partial charge on any atom is 0.305 e. The molecule has 0 aliphatic heterocycles. The summed E-state index contributed by atoms with van der Waals surface area (Å²) >= 11 is 0. The van der Waals surface area contributed by atoms with Crippen molar-refractivity contribution in [2.24, 2.45) is 0 Å². The average Bonchev–Trinajstić information content (AvgIpc) is 2.60. The second-order valence-electron chi connectivity index (χ2n) is 6.28. The largest absolute Gasteiger partial charge is 0.469 e. The van der Waals surface area contributed by atoms with Gasteiger partial charge in [0.15, 0.2) is 0 Å². The van der Waals surface area contributed by atoms with E-state index in [1.807, 2.05) is 24.3 Å². The average molecular weight is 353 g/mol. The fourth-order valence-electron chi connectivity index (χ4n) is 2.33. The Kier molecular flexibility index (Phi) is 16.5. The van der Waals surface area contributed by atoms with Gasteiger partial charge in [0.25, 0.3) is 0 Å². The van der Waals surface area contributed by atoms with Gasteiger partial charge in [-0.3, -0.25) is 4.79 Å². The number of ether oxygens (including phenoxy) is 1. The highest BCUT2D eigenvalue weighted by atomic mass is 16.5. The summed E-state index contributed by atoms with van der Waals surface area (Å²) < 4.78 is 4.56. The SMILES string of the molecule is CCCCC/C=C\C[C@H](O)/C=C/C=C/CC[C@@H](O)CCCC(=O)OC. The number of methoxy groups -OCH3 is 1. The Morgan fingerprint density at radius 2 is 1.80 bits per heavy atom. The van der Waals surface area contributed by atoms with E-state index in [1.165, 1.54) is 26.4 Å². The van der Waals surface area contributed by atoms with E-state index in [0.29, 0.717) is 32.1 Å². The molecule has 2 atom stereocenters. The number of carbonyl (C=O) groups excluding carboxylic acids is 1. The highest BCUT2D eigenvalue weighted by molar-refractivity contribution is 5.68. The standard InChI is InChI=1S/C21H36O4/c1-3-4-5-6-7-10-14-19(22)15-11-8-9-12-16-20(23)17-13-18-21(24)25-2/h7-11,15,19-20,22-23H,3-6,12-14,16-18H2,1-2H3/b9-8+,10-7-,15-11+/t19-,20+/m0/s1. The molecule has 0 aliphatic rings. The number of carbonyl (C=O) groups is 1. The number of allylic oxidation sites excluding steroid dienone is 4. The zero-order chi connectivity index (χ0) is 18.8. The summed E-state index contributed by atoms with van der Waals surface area (Å²) in [7, 11) is 1.37. The summed E-state index contributed by atoms with van der Waals surface area (Å²) in [4.78, 5) is 11.0. The highest BCUT2D eigenvalue weighted by Crippen LogP contribution is 2.08. The molecule has 2 N–H and O–H groups in total. The number of unbranched alkanes of at least 4 members (excludes halogenated alkanes) is 3. The second-order valence-corrected chi connectivity index (χ2v) is 6.28. The molecule has 4 heteroatoms. The summed E-state index contributed by atoms with van der Waals surface area (Å²) in [6.07, 6.45) is 19.4. The van der Waals surface area contributed by atoms with Crippen LogP contribution in [0.3, 0.4) is 0 Å². The van der Waals surface area contributed by atoms with Gasteiger partial charge in [-0.05, 0) is 44.9 Å². The van der Waals surface area contributed by atoms with Crippen LogP contribution in [-0.4, -0.2) is 35.5 Å². The van der Waals surface area contributed by atoms with E-state index >= 15 is 0 Å². The van der Waals surface area contributed by atoms with E-state index in [2.05, 4.69) is 17.7 Å². The third kappa shape index (κ3) is 17.2. The summed E-state index contributed by atoms with van der Waals surface area (Å²) in [5.74, 6) is -0.230. The maximum atomic E-state index is 11.0. The van der Waals surface area contributed by atoms with Gasteiger partial charge >= 0.3 is 5.97 Å². The lowest BCUT2D eigenvalue weighted by molar-refractivity contribution is -0.140. The summed E-state index contributed by atoms with van der Waals surface area (Å²) in [6.45, 7) is 2.19. The molecule has 0 heterocycles. The smallest absolute Gasteiger partial charge is 0.305 e. The van der Waals surface area contributed by atoms with Crippen LogP contribution in [0.2, 0.25) is 0 Å². The number of hydrogen-bond acceptors (Lipinski definition) is 4. The predicted molar refractivity (Wildman–Crippen MR) is 103 cm³/mol. The second kappa shape index (κ2) is 17.4. The number of aliphatic hydroxyl groups is 2. The lowest BCUT2D eigenvalue weighted by Gasteiger charge is -2.07. The first-order chi connectivity index (χ1) is 12.1. The minimum Gasteiger partial charge on any atom is -0.469 e. The Morgan fingerprint density at radius 1 is 1.00 bits per heavy atom. The molecule has 0 saturated heterocycles. The van der Waals surface area contributed by atoms with Crippen molar-refractivity contribution in [3.63, 3.8) is 0 Å². The summed E-state index contributed by atoms with van der Waals surface area (Å²) in [5, 5.41) is 19.6. The fourth-order valence-corrected chi connectivity index (χ4v) is 2.33. The molecular weight excluding hydrogens is 316 g/mol. The van der Waals surface area contributed by atoms with Crippen LogP contribution < -0.4 is 0 Å². The number of hydrogen-bond donors (Lipinski definition) is 2. The van der Waals surface area contributed by atoms with Crippen molar-refractivity contribution in [3.8, 4) is 0 Å². The van der Waals surface area contributed by atoms with Gasteiger partial charge in [-0.2, -0.15) is 0 Å². The zero-order valence-corrected chi connectivity index (χ0v) is 15.9. The van der Waals surface area contributed by atoms with Crippen LogP contribution in [0, 0.1) is 0 Å². The number of rotatable bonds is 15. The molecule has 0 amide bonds. The van der Waals surface area contributed by atoms with Crippen LogP contribution in [-0.2, 0) is 9.53 Å². The first kappa shape index (κ1) is 23.6. The van der Waals surface area contributed by atoms with Crippen LogP contribution >= 0.6 is 0 Å². The minimum absolute atomic E-state index is 0.230. The Balaban J connectivity index is 3.67. The van der Waals surface area contributed by atoms with Gasteiger partial charge in [-0.1, -0.05) is 56.2 Å². The van der Waals surface area contributed by atoms with Crippen molar-refractivity contribution in [3.05, 3.63) is 36.5 Å². The fraction of sp³-hybridized carbons (Fsp3) is 0.667. The Bertz CT molecular complexity index is 399. The van der Waals surface area contributed by atoms with E-state index in [0.717, 1.165) is 12.8 Å². The van der Waals surface area contributed by atoms with Gasteiger partial charge in [-0.25, -0.2) is 0 Å². The first-order valence-electron chi connectivity index (χ1n) is 9.51. The predicted octanol–water partition coefficient (Wildman–Crippen LogP) is 4.47. The zero-order valence-electron chi connectivity index (χ0n) is 15.9. The third-order valence-corrected chi connectivity index (χ3v) is 3.91. The molecule has 0 rings (SSSR count). The molecule has 4 nitrogen and oxygen atoms in total. The highest BCUT2D eigenvalue weighted by Gasteiger charge is 2.05. The van der Waals surface area contributed by atoms with Gasteiger partial charge in [0.05, 0.1) is 19.3 Å². The lowest BCUT2D eigenvalue weighted by Crippen LogP contribution is -2.07. The van der Waals surface area contributed by atoms with E-state index in [1.54, 1.807) is 6.08 Å². The Labute approximate surface area is 153 Å².